The standard InChI is InChI=1S/C15H23N3O/c1-12-9-16-10-14(17-12)15-3-2-6-18(15)11-13-4-7-19-8-5-13/h9-10,13,15H,2-8,11H2,1H3/t15-/m0/s1. The fraction of sp³-hybridized carbons (Fsp3) is 0.733. The van der Waals surface area contributed by atoms with Crippen LogP contribution in [0.1, 0.15) is 43.1 Å². The Morgan fingerprint density at radius 2 is 2.11 bits per heavy atom. The van der Waals surface area contributed by atoms with E-state index in [4.69, 9.17) is 4.74 Å². The normalized spacial score (nSPS) is 25.8. The molecule has 19 heavy (non-hydrogen) atoms. The highest BCUT2D eigenvalue weighted by molar-refractivity contribution is 5.08. The molecule has 1 aromatic heterocycles. The van der Waals surface area contributed by atoms with Crippen molar-refractivity contribution in [3.63, 3.8) is 0 Å². The molecule has 4 heteroatoms. The van der Waals surface area contributed by atoms with E-state index >= 15 is 0 Å². The summed E-state index contributed by atoms with van der Waals surface area (Å²) in [5.74, 6) is 0.798. The average Bonchev–Trinajstić information content (AvgIpc) is 2.88. The molecule has 104 valence electrons. The molecule has 2 saturated heterocycles. The lowest BCUT2D eigenvalue weighted by Crippen LogP contribution is -2.32. The van der Waals surface area contributed by atoms with Crippen molar-refractivity contribution in [2.75, 3.05) is 26.3 Å². The number of rotatable bonds is 3. The number of hydrogen-bond donors (Lipinski definition) is 0. The van der Waals surface area contributed by atoms with Crippen molar-refractivity contribution in [2.45, 2.75) is 38.6 Å². The quantitative estimate of drug-likeness (QED) is 0.837. The van der Waals surface area contributed by atoms with Crippen LogP contribution in [0, 0.1) is 12.8 Å². The summed E-state index contributed by atoms with van der Waals surface area (Å²) >= 11 is 0. The van der Waals surface area contributed by atoms with Gasteiger partial charge >= 0.3 is 0 Å². The molecule has 0 radical (unpaired) electrons. The van der Waals surface area contributed by atoms with E-state index in [0.29, 0.717) is 6.04 Å². The third-order valence-corrected chi connectivity index (χ3v) is 4.31. The summed E-state index contributed by atoms with van der Waals surface area (Å²) < 4.78 is 5.45. The lowest BCUT2D eigenvalue weighted by atomic mass is 9.99. The number of ether oxygens (including phenoxy) is 1. The molecule has 3 rings (SSSR count). The first-order chi connectivity index (χ1) is 9.33. The van der Waals surface area contributed by atoms with Crippen molar-refractivity contribution in [3.05, 3.63) is 23.8 Å². The topological polar surface area (TPSA) is 38.2 Å². The van der Waals surface area contributed by atoms with E-state index in [2.05, 4.69) is 14.9 Å². The first kappa shape index (κ1) is 13.0. The van der Waals surface area contributed by atoms with E-state index in [1.165, 1.54) is 38.8 Å². The van der Waals surface area contributed by atoms with Gasteiger partial charge in [0, 0.05) is 32.2 Å². The fourth-order valence-corrected chi connectivity index (χ4v) is 3.28. The molecular formula is C15H23N3O. The number of likely N-dealkylation sites (tertiary alicyclic amines) is 1. The summed E-state index contributed by atoms with van der Waals surface area (Å²) in [7, 11) is 0. The molecule has 2 aliphatic heterocycles. The van der Waals surface area contributed by atoms with Crippen LogP contribution in [0.3, 0.4) is 0 Å². The third-order valence-electron chi connectivity index (χ3n) is 4.31. The van der Waals surface area contributed by atoms with Crippen molar-refractivity contribution in [2.24, 2.45) is 5.92 Å². The molecule has 0 amide bonds. The molecule has 0 bridgehead atoms. The summed E-state index contributed by atoms with van der Waals surface area (Å²) in [5.41, 5.74) is 2.18. The zero-order valence-corrected chi connectivity index (χ0v) is 11.7. The summed E-state index contributed by atoms with van der Waals surface area (Å²) in [6.07, 6.45) is 8.71. The number of aromatic nitrogens is 2. The summed E-state index contributed by atoms with van der Waals surface area (Å²) in [6.45, 7) is 6.30. The Kier molecular flexibility index (Phi) is 4.09. The maximum atomic E-state index is 5.45. The van der Waals surface area contributed by atoms with Gasteiger partial charge in [0.2, 0.25) is 0 Å². The fourth-order valence-electron chi connectivity index (χ4n) is 3.28. The molecule has 0 N–H and O–H groups in total. The molecule has 0 aliphatic carbocycles. The van der Waals surface area contributed by atoms with Crippen molar-refractivity contribution in [3.8, 4) is 0 Å². The number of nitrogens with zero attached hydrogens (tertiary/aromatic N) is 3. The van der Waals surface area contributed by atoms with E-state index in [9.17, 15) is 0 Å². The molecule has 4 nitrogen and oxygen atoms in total. The van der Waals surface area contributed by atoms with Gasteiger partial charge in [-0.05, 0) is 45.1 Å². The van der Waals surface area contributed by atoms with Gasteiger partial charge < -0.3 is 4.74 Å². The molecule has 0 spiro atoms. The first-order valence-corrected chi connectivity index (χ1v) is 7.43. The third kappa shape index (κ3) is 3.12. The van der Waals surface area contributed by atoms with Crippen LogP contribution in [0.15, 0.2) is 12.4 Å². The molecule has 0 aromatic carbocycles. The Morgan fingerprint density at radius 1 is 1.26 bits per heavy atom. The Bertz CT molecular complexity index is 418. The molecule has 0 unspecified atom stereocenters. The molecule has 1 atom stereocenters. The van der Waals surface area contributed by atoms with Crippen LogP contribution in [0.25, 0.3) is 0 Å². The second-order valence-corrected chi connectivity index (χ2v) is 5.79. The van der Waals surface area contributed by atoms with Gasteiger partial charge in [-0.3, -0.25) is 14.9 Å². The Morgan fingerprint density at radius 3 is 2.89 bits per heavy atom. The minimum Gasteiger partial charge on any atom is -0.381 e. The lowest BCUT2D eigenvalue weighted by molar-refractivity contribution is 0.0504. The number of aryl methyl sites for hydroxylation is 1. The Hall–Kier alpha value is -1.00. The van der Waals surface area contributed by atoms with E-state index in [1.54, 1.807) is 0 Å². The van der Waals surface area contributed by atoms with Gasteiger partial charge in [-0.25, -0.2) is 0 Å². The highest BCUT2D eigenvalue weighted by atomic mass is 16.5. The van der Waals surface area contributed by atoms with Crippen molar-refractivity contribution in [1.29, 1.82) is 0 Å². The minimum atomic E-state index is 0.482. The Labute approximate surface area is 115 Å². The predicted molar refractivity (Wildman–Crippen MR) is 73.9 cm³/mol. The van der Waals surface area contributed by atoms with Crippen LogP contribution in [0.5, 0.6) is 0 Å². The van der Waals surface area contributed by atoms with Gasteiger partial charge in [-0.15, -0.1) is 0 Å². The van der Waals surface area contributed by atoms with Crippen LogP contribution in [0.2, 0.25) is 0 Å². The zero-order valence-electron chi connectivity index (χ0n) is 11.7. The molecule has 1 aromatic rings. The van der Waals surface area contributed by atoms with Crippen LogP contribution in [-0.2, 0) is 4.74 Å². The van der Waals surface area contributed by atoms with Crippen LogP contribution < -0.4 is 0 Å². The van der Waals surface area contributed by atoms with E-state index in [-0.39, 0.29) is 0 Å². The second-order valence-electron chi connectivity index (χ2n) is 5.79. The highest BCUT2D eigenvalue weighted by Gasteiger charge is 2.29. The maximum Gasteiger partial charge on any atom is 0.0761 e. The SMILES string of the molecule is Cc1cncc([C@@H]2CCCN2CC2CCOCC2)n1. The monoisotopic (exact) mass is 261 g/mol. The van der Waals surface area contributed by atoms with E-state index < -0.39 is 0 Å². The largest absolute Gasteiger partial charge is 0.381 e. The molecular weight excluding hydrogens is 238 g/mol. The zero-order chi connectivity index (χ0) is 13.1. The van der Waals surface area contributed by atoms with Gasteiger partial charge in [-0.2, -0.15) is 0 Å². The lowest BCUT2D eigenvalue weighted by Gasteiger charge is -2.30. The average molecular weight is 261 g/mol. The minimum absolute atomic E-state index is 0.482. The smallest absolute Gasteiger partial charge is 0.0761 e. The predicted octanol–water partition coefficient (Wildman–Crippen LogP) is 2.35. The van der Waals surface area contributed by atoms with Gasteiger partial charge in [0.05, 0.1) is 17.4 Å². The molecule has 3 heterocycles. The van der Waals surface area contributed by atoms with Crippen LogP contribution in [-0.4, -0.2) is 41.2 Å². The highest BCUT2D eigenvalue weighted by Crippen LogP contribution is 2.32. The van der Waals surface area contributed by atoms with Crippen LogP contribution >= 0.6 is 0 Å². The van der Waals surface area contributed by atoms with Crippen molar-refractivity contribution >= 4 is 0 Å². The summed E-state index contributed by atoms with van der Waals surface area (Å²) in [4.78, 5) is 11.6. The van der Waals surface area contributed by atoms with E-state index in [0.717, 1.165) is 30.5 Å². The number of hydrogen-bond acceptors (Lipinski definition) is 4. The van der Waals surface area contributed by atoms with Gasteiger partial charge in [-0.1, -0.05) is 0 Å². The molecule has 0 saturated carbocycles. The van der Waals surface area contributed by atoms with Gasteiger partial charge in [0.25, 0.3) is 0 Å². The summed E-state index contributed by atoms with van der Waals surface area (Å²) in [5, 5.41) is 0. The van der Waals surface area contributed by atoms with E-state index in [1.807, 2.05) is 19.3 Å². The second kappa shape index (κ2) is 5.97. The summed E-state index contributed by atoms with van der Waals surface area (Å²) in [6, 6.07) is 0.482. The maximum absolute atomic E-state index is 5.45. The van der Waals surface area contributed by atoms with Crippen LogP contribution in [0.4, 0.5) is 0 Å². The van der Waals surface area contributed by atoms with Gasteiger partial charge in [0.1, 0.15) is 0 Å². The van der Waals surface area contributed by atoms with Gasteiger partial charge in [0.15, 0.2) is 0 Å². The Balaban J connectivity index is 1.67. The molecule has 2 fully saturated rings. The van der Waals surface area contributed by atoms with Crippen molar-refractivity contribution in [1.82, 2.24) is 14.9 Å². The first-order valence-electron chi connectivity index (χ1n) is 7.43. The van der Waals surface area contributed by atoms with Crippen molar-refractivity contribution < 1.29 is 4.74 Å². The molecule has 2 aliphatic rings.